The molecule has 2 aromatic heterocycles. The molecular weight excluding hydrogens is 378 g/mol. The number of aromatic nitrogens is 1. The van der Waals surface area contributed by atoms with E-state index in [1.54, 1.807) is 31.6 Å². The average molecular weight is 401 g/mol. The maximum atomic E-state index is 13.4. The van der Waals surface area contributed by atoms with Crippen LogP contribution in [-0.4, -0.2) is 17.9 Å². The van der Waals surface area contributed by atoms with E-state index < -0.39 is 5.92 Å². The summed E-state index contributed by atoms with van der Waals surface area (Å²) in [6.45, 7) is 1.98. The Morgan fingerprint density at radius 3 is 2.67 bits per heavy atom. The number of Topliss-reactive ketones (excluding diaryl/α,β-unsaturated/α-hetero) is 1. The van der Waals surface area contributed by atoms with Gasteiger partial charge in [-0.15, -0.1) is 0 Å². The molecule has 5 nitrogen and oxygen atoms in total. The highest BCUT2D eigenvalue weighted by atomic mass is 16.5. The Morgan fingerprint density at radius 2 is 1.90 bits per heavy atom. The molecule has 0 aliphatic rings. The fourth-order valence-electron chi connectivity index (χ4n) is 3.77. The molecule has 0 saturated heterocycles. The predicted molar refractivity (Wildman–Crippen MR) is 116 cm³/mol. The molecule has 152 valence electrons. The Labute approximate surface area is 174 Å². The highest BCUT2D eigenvalue weighted by Gasteiger charge is 2.25. The molecule has 1 atom stereocenters. The van der Waals surface area contributed by atoms with E-state index in [4.69, 9.17) is 9.15 Å². The number of methoxy groups -OCH3 is 1. The maximum absolute atomic E-state index is 13.4. The summed E-state index contributed by atoms with van der Waals surface area (Å²) in [6, 6.07) is 18.6. The second kappa shape index (κ2) is 8.41. The zero-order valence-corrected chi connectivity index (χ0v) is 17.0. The molecule has 0 spiro atoms. The molecule has 30 heavy (non-hydrogen) atoms. The van der Waals surface area contributed by atoms with Crippen LogP contribution in [0.5, 0.6) is 5.75 Å². The van der Waals surface area contributed by atoms with E-state index in [9.17, 15) is 9.59 Å². The predicted octanol–water partition coefficient (Wildman–Crippen LogP) is 4.72. The van der Waals surface area contributed by atoms with Crippen molar-refractivity contribution in [2.45, 2.75) is 19.8 Å². The molecule has 0 fully saturated rings. The third-order valence-electron chi connectivity index (χ3n) is 5.32. The van der Waals surface area contributed by atoms with Crippen molar-refractivity contribution in [2.24, 2.45) is 5.92 Å². The van der Waals surface area contributed by atoms with Crippen LogP contribution in [0.4, 0.5) is 0 Å². The Kier molecular flexibility index (Phi) is 5.53. The molecule has 4 aromatic rings. The number of rotatable bonds is 7. The minimum Gasteiger partial charge on any atom is -0.496 e. The topological polar surface area (TPSA) is 72.3 Å². The van der Waals surface area contributed by atoms with E-state index in [2.05, 4.69) is 4.98 Å². The Balaban J connectivity index is 1.72. The smallest absolute Gasteiger partial charge is 0.251 e. The molecular formula is C25H23NO4. The molecule has 2 aromatic carbocycles. The van der Waals surface area contributed by atoms with Crippen LogP contribution < -0.4 is 10.3 Å². The van der Waals surface area contributed by atoms with Gasteiger partial charge in [0.2, 0.25) is 0 Å². The normalized spacial score (nSPS) is 12.1. The zero-order chi connectivity index (χ0) is 21.1. The molecule has 0 amide bonds. The van der Waals surface area contributed by atoms with Crippen LogP contribution in [0.15, 0.2) is 76.1 Å². The molecule has 1 N–H and O–H groups in total. The molecule has 0 radical (unpaired) electrons. The summed E-state index contributed by atoms with van der Waals surface area (Å²) < 4.78 is 10.9. The number of aromatic amines is 1. The van der Waals surface area contributed by atoms with Crippen molar-refractivity contribution in [3.63, 3.8) is 0 Å². The summed E-state index contributed by atoms with van der Waals surface area (Å²) in [5, 5.41) is 0.941. The molecule has 4 rings (SSSR count). The summed E-state index contributed by atoms with van der Waals surface area (Å²) in [6.07, 6.45) is 2.29. The molecule has 0 aliphatic heterocycles. The molecule has 0 saturated carbocycles. The van der Waals surface area contributed by atoms with Gasteiger partial charge in [0.05, 0.1) is 18.9 Å². The van der Waals surface area contributed by atoms with Crippen molar-refractivity contribution in [1.29, 1.82) is 0 Å². The lowest BCUT2D eigenvalue weighted by atomic mass is 9.87. The number of para-hydroxylation sites is 1. The van der Waals surface area contributed by atoms with E-state index in [1.165, 1.54) is 0 Å². The van der Waals surface area contributed by atoms with Gasteiger partial charge in [0, 0.05) is 23.4 Å². The van der Waals surface area contributed by atoms with Gasteiger partial charge in [-0.3, -0.25) is 9.59 Å². The largest absolute Gasteiger partial charge is 0.496 e. The van der Waals surface area contributed by atoms with Gasteiger partial charge in [0.25, 0.3) is 5.56 Å². The van der Waals surface area contributed by atoms with E-state index in [0.29, 0.717) is 35.5 Å². The van der Waals surface area contributed by atoms with Gasteiger partial charge in [0.1, 0.15) is 11.5 Å². The Hall–Kier alpha value is -3.60. The highest BCUT2D eigenvalue weighted by Crippen LogP contribution is 2.25. The highest BCUT2D eigenvalue weighted by molar-refractivity contribution is 6.00. The van der Waals surface area contributed by atoms with Gasteiger partial charge < -0.3 is 14.1 Å². The number of ether oxygens (including phenoxy) is 1. The number of aryl methyl sites for hydroxylation is 1. The van der Waals surface area contributed by atoms with Crippen LogP contribution in [0.1, 0.15) is 27.2 Å². The van der Waals surface area contributed by atoms with Crippen molar-refractivity contribution in [3.8, 4) is 5.75 Å². The van der Waals surface area contributed by atoms with E-state index >= 15 is 0 Å². The zero-order valence-electron chi connectivity index (χ0n) is 17.0. The fraction of sp³-hybridized carbons (Fsp3) is 0.200. The third-order valence-corrected chi connectivity index (χ3v) is 5.32. The maximum Gasteiger partial charge on any atom is 0.251 e. The van der Waals surface area contributed by atoms with Crippen molar-refractivity contribution in [2.75, 3.05) is 7.11 Å². The van der Waals surface area contributed by atoms with Crippen molar-refractivity contribution in [1.82, 2.24) is 4.98 Å². The lowest BCUT2D eigenvalue weighted by Gasteiger charge is -2.17. The first kappa shape index (κ1) is 19.7. The number of benzene rings is 2. The lowest BCUT2D eigenvalue weighted by Crippen LogP contribution is -2.24. The molecule has 5 heteroatoms. The molecule has 1 unspecified atom stereocenters. The van der Waals surface area contributed by atoms with Crippen LogP contribution in [-0.2, 0) is 12.8 Å². The summed E-state index contributed by atoms with van der Waals surface area (Å²) in [7, 11) is 1.55. The van der Waals surface area contributed by atoms with Gasteiger partial charge in [0.15, 0.2) is 5.78 Å². The number of furan rings is 1. The van der Waals surface area contributed by atoms with Gasteiger partial charge in [-0.05, 0) is 60.7 Å². The second-order valence-corrected chi connectivity index (χ2v) is 7.46. The number of carbonyl (C=O) groups is 1. The summed E-state index contributed by atoms with van der Waals surface area (Å²) in [4.78, 5) is 29.1. The third kappa shape index (κ3) is 4.06. The van der Waals surface area contributed by atoms with Crippen LogP contribution >= 0.6 is 0 Å². The Bertz CT molecular complexity index is 1240. The number of carbonyl (C=O) groups excluding carboxylic acids is 1. The van der Waals surface area contributed by atoms with Gasteiger partial charge in [-0.1, -0.05) is 24.3 Å². The van der Waals surface area contributed by atoms with Crippen molar-refractivity contribution < 1.29 is 13.9 Å². The number of nitrogens with one attached hydrogen (secondary N) is 1. The number of ketones is 1. The minimum absolute atomic E-state index is 0.0766. The van der Waals surface area contributed by atoms with Crippen molar-refractivity contribution >= 4 is 16.7 Å². The average Bonchev–Trinajstić information content (AvgIpc) is 3.26. The summed E-state index contributed by atoms with van der Waals surface area (Å²) >= 11 is 0. The SMILES string of the molecule is COc1ccccc1C(=O)C(Cc1ccco1)Cc1cc2ccc(C)cc2[nH]c1=O. The first-order chi connectivity index (χ1) is 14.5. The lowest BCUT2D eigenvalue weighted by molar-refractivity contribution is 0.0911. The molecule has 2 heterocycles. The summed E-state index contributed by atoms with van der Waals surface area (Å²) in [5.74, 6) is 0.689. The number of hydrogen-bond acceptors (Lipinski definition) is 4. The number of H-pyrrole nitrogens is 1. The van der Waals surface area contributed by atoms with Gasteiger partial charge in [-0.25, -0.2) is 0 Å². The van der Waals surface area contributed by atoms with Crippen molar-refractivity contribution in [3.05, 3.63) is 99.7 Å². The monoisotopic (exact) mass is 401 g/mol. The van der Waals surface area contributed by atoms with Crippen LogP contribution in [0.25, 0.3) is 10.9 Å². The van der Waals surface area contributed by atoms with E-state index in [-0.39, 0.29) is 11.3 Å². The van der Waals surface area contributed by atoms with Crippen LogP contribution in [0.2, 0.25) is 0 Å². The van der Waals surface area contributed by atoms with Gasteiger partial charge >= 0.3 is 0 Å². The minimum atomic E-state index is -0.462. The van der Waals surface area contributed by atoms with Crippen LogP contribution in [0, 0.1) is 12.8 Å². The number of pyridine rings is 1. The first-order valence-electron chi connectivity index (χ1n) is 9.87. The van der Waals surface area contributed by atoms with Crippen LogP contribution in [0.3, 0.4) is 0 Å². The van der Waals surface area contributed by atoms with E-state index in [0.717, 1.165) is 16.5 Å². The first-order valence-corrected chi connectivity index (χ1v) is 9.87. The standard InChI is InChI=1S/C25H23NO4/c1-16-9-10-17-13-19(25(28)26-22(17)12-16)14-18(15-20-6-5-11-30-20)24(27)21-7-3-4-8-23(21)29-2/h3-13,18H,14-15H2,1-2H3,(H,26,28). The summed E-state index contributed by atoms with van der Waals surface area (Å²) in [5.41, 5.74) is 2.77. The number of hydrogen-bond donors (Lipinski definition) is 1. The fourth-order valence-corrected chi connectivity index (χ4v) is 3.77. The second-order valence-electron chi connectivity index (χ2n) is 7.46. The number of fused-ring (bicyclic) bond motifs is 1. The van der Waals surface area contributed by atoms with Gasteiger partial charge in [-0.2, -0.15) is 0 Å². The Morgan fingerprint density at radius 1 is 1.07 bits per heavy atom. The molecule has 0 bridgehead atoms. The molecule has 0 aliphatic carbocycles. The quantitative estimate of drug-likeness (QED) is 0.455. The van der Waals surface area contributed by atoms with E-state index in [1.807, 2.05) is 49.4 Å².